The van der Waals surface area contributed by atoms with Crippen molar-refractivity contribution < 1.29 is 9.18 Å². The molecular weight excluding hydrogens is 421 g/mol. The summed E-state index contributed by atoms with van der Waals surface area (Å²) in [4.78, 5) is 38.7. The van der Waals surface area contributed by atoms with Crippen molar-refractivity contribution in [2.45, 2.75) is 32.2 Å². The molecule has 1 atom stereocenters. The number of likely N-dealkylation sites (tertiary alicyclic amines) is 1. The Morgan fingerprint density at radius 1 is 1.18 bits per heavy atom. The van der Waals surface area contributed by atoms with Crippen LogP contribution in [0.1, 0.15) is 37.1 Å². The zero-order chi connectivity index (χ0) is 23.2. The summed E-state index contributed by atoms with van der Waals surface area (Å²) in [6, 6.07) is 10.6. The molecule has 1 amide bonds. The number of hydrogen-bond acceptors (Lipinski definition) is 5. The molecule has 2 N–H and O–H groups in total. The third-order valence-corrected chi connectivity index (χ3v) is 6.01. The van der Waals surface area contributed by atoms with Gasteiger partial charge in [0.2, 0.25) is 5.91 Å². The van der Waals surface area contributed by atoms with Crippen molar-refractivity contribution in [1.82, 2.24) is 25.2 Å². The Hall–Kier alpha value is -3.39. The molecular formula is C25H28FN5O2. The second-order valence-electron chi connectivity index (χ2n) is 8.66. The fourth-order valence-corrected chi connectivity index (χ4v) is 4.08. The van der Waals surface area contributed by atoms with E-state index in [4.69, 9.17) is 0 Å². The van der Waals surface area contributed by atoms with E-state index in [1.54, 1.807) is 36.7 Å². The highest BCUT2D eigenvalue weighted by Crippen LogP contribution is 2.20. The van der Waals surface area contributed by atoms with Crippen LogP contribution in [-0.2, 0) is 11.2 Å². The van der Waals surface area contributed by atoms with Crippen molar-refractivity contribution in [2.75, 3.05) is 19.6 Å². The Morgan fingerprint density at radius 2 is 1.88 bits per heavy atom. The first kappa shape index (κ1) is 22.8. The van der Waals surface area contributed by atoms with Gasteiger partial charge in [0.05, 0.1) is 18.3 Å². The molecule has 33 heavy (non-hydrogen) atoms. The van der Waals surface area contributed by atoms with Gasteiger partial charge < -0.3 is 10.3 Å². The van der Waals surface area contributed by atoms with E-state index in [0.29, 0.717) is 30.4 Å². The molecule has 4 rings (SSSR count). The molecule has 7 nitrogen and oxygen atoms in total. The number of aromatic amines is 1. The number of rotatable bonds is 7. The monoisotopic (exact) mass is 449 g/mol. The van der Waals surface area contributed by atoms with Crippen molar-refractivity contribution >= 4 is 5.91 Å². The Bertz CT molecular complexity index is 1130. The summed E-state index contributed by atoms with van der Waals surface area (Å²) in [6.45, 7) is 4.35. The van der Waals surface area contributed by atoms with Crippen LogP contribution < -0.4 is 10.9 Å². The molecule has 0 unspecified atom stereocenters. The standard InChI is InChI=1S/C25H28FN5O2/c1-17-8-12-31(13-9-17)16-24(33)29-22(18-2-4-20(26)5-3-18)14-21-15-23(32)30-25(28-21)19-6-10-27-11-7-19/h2-7,10-11,15,17,22H,8-9,12-14,16H2,1H3,(H,29,33)(H,28,30,32)/t22-/m1/s1. The van der Waals surface area contributed by atoms with E-state index in [1.807, 2.05) is 0 Å². The van der Waals surface area contributed by atoms with Crippen LogP contribution in [0.4, 0.5) is 4.39 Å². The van der Waals surface area contributed by atoms with E-state index < -0.39 is 6.04 Å². The third kappa shape index (κ3) is 6.32. The number of carbonyl (C=O) groups is 1. The van der Waals surface area contributed by atoms with Crippen LogP contribution in [-0.4, -0.2) is 45.4 Å². The van der Waals surface area contributed by atoms with Gasteiger partial charge in [-0.25, -0.2) is 9.37 Å². The fraction of sp³-hybridized carbons (Fsp3) is 0.360. The number of piperidine rings is 1. The molecule has 0 radical (unpaired) electrons. The van der Waals surface area contributed by atoms with Gasteiger partial charge >= 0.3 is 0 Å². The maximum absolute atomic E-state index is 13.5. The topological polar surface area (TPSA) is 91.0 Å². The van der Waals surface area contributed by atoms with Crippen LogP contribution >= 0.6 is 0 Å². The molecule has 0 bridgehead atoms. The molecule has 1 aliphatic rings. The zero-order valence-corrected chi connectivity index (χ0v) is 18.6. The van der Waals surface area contributed by atoms with Crippen molar-refractivity contribution in [3.63, 3.8) is 0 Å². The van der Waals surface area contributed by atoms with Gasteiger partial charge in [-0.3, -0.25) is 19.5 Å². The molecule has 3 aromatic rings. The largest absolute Gasteiger partial charge is 0.348 e. The summed E-state index contributed by atoms with van der Waals surface area (Å²) in [6.07, 6.45) is 5.73. The predicted molar refractivity (Wildman–Crippen MR) is 124 cm³/mol. The van der Waals surface area contributed by atoms with Gasteiger partial charge in [-0.1, -0.05) is 19.1 Å². The van der Waals surface area contributed by atoms with E-state index in [0.717, 1.165) is 37.1 Å². The minimum atomic E-state index is -0.443. The summed E-state index contributed by atoms with van der Waals surface area (Å²) >= 11 is 0. The molecule has 0 aliphatic carbocycles. The molecule has 0 spiro atoms. The smallest absolute Gasteiger partial charge is 0.251 e. The van der Waals surface area contributed by atoms with E-state index in [1.165, 1.54) is 18.2 Å². The van der Waals surface area contributed by atoms with Crippen LogP contribution in [0.15, 0.2) is 59.7 Å². The first-order valence-corrected chi connectivity index (χ1v) is 11.2. The Morgan fingerprint density at radius 3 is 2.58 bits per heavy atom. The summed E-state index contributed by atoms with van der Waals surface area (Å²) in [5.74, 6) is 0.679. The first-order valence-electron chi connectivity index (χ1n) is 11.2. The number of amides is 1. The number of nitrogens with one attached hydrogen (secondary N) is 2. The molecule has 1 aromatic carbocycles. The average Bonchev–Trinajstić information content (AvgIpc) is 2.81. The minimum Gasteiger partial charge on any atom is -0.348 e. The summed E-state index contributed by atoms with van der Waals surface area (Å²) in [7, 11) is 0. The second kappa shape index (κ2) is 10.5. The Balaban J connectivity index is 1.54. The number of H-pyrrole nitrogens is 1. The number of benzene rings is 1. The SMILES string of the molecule is CC1CCN(CC(=O)N[C@H](Cc2cc(=O)[nH]c(-c3ccncc3)n2)c2ccc(F)cc2)CC1. The van der Waals surface area contributed by atoms with Crippen molar-refractivity contribution in [1.29, 1.82) is 0 Å². The fourth-order valence-electron chi connectivity index (χ4n) is 4.08. The first-order chi connectivity index (χ1) is 16.0. The van der Waals surface area contributed by atoms with E-state index >= 15 is 0 Å². The molecule has 0 saturated carbocycles. The second-order valence-corrected chi connectivity index (χ2v) is 8.66. The molecule has 3 heterocycles. The maximum atomic E-state index is 13.5. The van der Waals surface area contributed by atoms with Gasteiger partial charge in [-0.15, -0.1) is 0 Å². The Kier molecular flexibility index (Phi) is 7.24. The van der Waals surface area contributed by atoms with Crippen LogP contribution in [0.2, 0.25) is 0 Å². The van der Waals surface area contributed by atoms with Gasteiger partial charge in [0, 0.05) is 30.4 Å². The summed E-state index contributed by atoms with van der Waals surface area (Å²) in [5.41, 5.74) is 1.75. The highest BCUT2D eigenvalue weighted by atomic mass is 19.1. The minimum absolute atomic E-state index is 0.0990. The lowest BCUT2D eigenvalue weighted by molar-refractivity contribution is -0.123. The molecule has 1 aliphatic heterocycles. The summed E-state index contributed by atoms with van der Waals surface area (Å²) in [5, 5.41) is 3.07. The number of nitrogens with zero attached hydrogens (tertiary/aromatic N) is 3. The third-order valence-electron chi connectivity index (χ3n) is 6.01. The highest BCUT2D eigenvalue weighted by molar-refractivity contribution is 5.78. The molecule has 1 fully saturated rings. The van der Waals surface area contributed by atoms with Gasteiger partial charge in [0.1, 0.15) is 11.6 Å². The van der Waals surface area contributed by atoms with Crippen molar-refractivity contribution in [3.05, 3.63) is 82.3 Å². The zero-order valence-electron chi connectivity index (χ0n) is 18.6. The lowest BCUT2D eigenvalue weighted by Gasteiger charge is -2.30. The number of pyridine rings is 1. The maximum Gasteiger partial charge on any atom is 0.251 e. The highest BCUT2D eigenvalue weighted by Gasteiger charge is 2.21. The van der Waals surface area contributed by atoms with Crippen LogP contribution in [0, 0.1) is 11.7 Å². The number of carbonyl (C=O) groups excluding carboxylic acids is 1. The summed E-state index contributed by atoms with van der Waals surface area (Å²) < 4.78 is 13.5. The van der Waals surface area contributed by atoms with Crippen LogP contribution in [0.25, 0.3) is 11.4 Å². The Labute approximate surface area is 192 Å². The quantitative estimate of drug-likeness (QED) is 0.578. The number of hydrogen-bond donors (Lipinski definition) is 2. The van der Waals surface area contributed by atoms with Crippen molar-refractivity contribution in [2.24, 2.45) is 5.92 Å². The molecule has 8 heteroatoms. The van der Waals surface area contributed by atoms with Gasteiger partial charge in [0.15, 0.2) is 0 Å². The predicted octanol–water partition coefficient (Wildman–Crippen LogP) is 3.10. The molecule has 172 valence electrons. The van der Waals surface area contributed by atoms with Crippen LogP contribution in [0.5, 0.6) is 0 Å². The van der Waals surface area contributed by atoms with Gasteiger partial charge in [-0.2, -0.15) is 0 Å². The van der Waals surface area contributed by atoms with Crippen LogP contribution in [0.3, 0.4) is 0 Å². The van der Waals surface area contributed by atoms with E-state index in [9.17, 15) is 14.0 Å². The average molecular weight is 450 g/mol. The molecule has 1 saturated heterocycles. The number of halogens is 1. The van der Waals surface area contributed by atoms with Gasteiger partial charge in [0.25, 0.3) is 5.56 Å². The number of aromatic nitrogens is 3. The van der Waals surface area contributed by atoms with Crippen molar-refractivity contribution in [3.8, 4) is 11.4 Å². The molecule has 2 aromatic heterocycles. The normalized spacial score (nSPS) is 15.8. The van der Waals surface area contributed by atoms with Gasteiger partial charge in [-0.05, 0) is 61.7 Å². The van der Waals surface area contributed by atoms with E-state index in [2.05, 4.69) is 32.1 Å². The lowest BCUT2D eigenvalue weighted by atomic mass is 9.99. The van der Waals surface area contributed by atoms with E-state index in [-0.39, 0.29) is 17.3 Å². The lowest BCUT2D eigenvalue weighted by Crippen LogP contribution is -2.42.